The lowest BCUT2D eigenvalue weighted by Gasteiger charge is -2.28. The second-order valence-electron chi connectivity index (χ2n) is 12.4. The van der Waals surface area contributed by atoms with Crippen LogP contribution in [0.2, 0.25) is 0 Å². The second-order valence-corrected chi connectivity index (χ2v) is 12.4. The largest absolute Gasteiger partial charge is 0.456 e. The van der Waals surface area contributed by atoms with Crippen LogP contribution in [0.5, 0.6) is 0 Å². The molecule has 0 saturated carbocycles. The fourth-order valence-corrected chi connectivity index (χ4v) is 7.20. The highest BCUT2D eigenvalue weighted by molar-refractivity contribution is 6.19. The van der Waals surface area contributed by atoms with Gasteiger partial charge in [-0.15, -0.1) is 0 Å². The average molecular weight is 629 g/mol. The summed E-state index contributed by atoms with van der Waals surface area (Å²) < 4.78 is 12.8. The van der Waals surface area contributed by atoms with Crippen molar-refractivity contribution in [1.82, 2.24) is 4.98 Å². The highest BCUT2D eigenvalue weighted by Crippen LogP contribution is 2.47. The van der Waals surface area contributed by atoms with Crippen LogP contribution >= 0.6 is 0 Å². The van der Waals surface area contributed by atoms with E-state index in [0.29, 0.717) is 11.5 Å². The van der Waals surface area contributed by atoms with Crippen LogP contribution in [0.1, 0.15) is 0 Å². The summed E-state index contributed by atoms with van der Waals surface area (Å²) in [4.78, 5) is 7.30. The lowest BCUT2D eigenvalue weighted by atomic mass is 9.98. The highest BCUT2D eigenvalue weighted by atomic mass is 16.4. The average Bonchev–Trinajstić information content (AvgIpc) is 3.76. The molecule has 0 radical (unpaired) electrons. The number of hydrogen-bond acceptors (Lipinski definition) is 4. The van der Waals surface area contributed by atoms with Gasteiger partial charge in [-0.2, -0.15) is 0 Å². The number of hydrogen-bond donors (Lipinski definition) is 0. The van der Waals surface area contributed by atoms with Crippen LogP contribution in [-0.4, -0.2) is 4.98 Å². The predicted octanol–water partition coefficient (Wildman–Crippen LogP) is 12.8. The first-order valence-corrected chi connectivity index (χ1v) is 16.5. The zero-order valence-electron chi connectivity index (χ0n) is 26.4. The second kappa shape index (κ2) is 11.0. The molecule has 0 aliphatic heterocycles. The van der Waals surface area contributed by atoms with Crippen LogP contribution in [0, 0.1) is 0 Å². The van der Waals surface area contributed by atoms with Crippen LogP contribution in [0.25, 0.3) is 77.2 Å². The minimum atomic E-state index is 0.592. The normalized spacial score (nSPS) is 11.7. The van der Waals surface area contributed by atoms with E-state index in [9.17, 15) is 0 Å². The molecule has 49 heavy (non-hydrogen) atoms. The van der Waals surface area contributed by atoms with Crippen molar-refractivity contribution in [1.29, 1.82) is 0 Å². The molecule has 0 atom stereocenters. The Labute approximate surface area is 282 Å². The first-order chi connectivity index (χ1) is 24.3. The molecule has 230 valence electrons. The summed E-state index contributed by atoms with van der Waals surface area (Å²) in [6.45, 7) is 0. The number of furan rings is 1. The maximum absolute atomic E-state index is 6.57. The predicted molar refractivity (Wildman–Crippen MR) is 202 cm³/mol. The van der Waals surface area contributed by atoms with Crippen LogP contribution in [0.3, 0.4) is 0 Å². The molecule has 0 aliphatic carbocycles. The number of fused-ring (bicyclic) bond motifs is 7. The van der Waals surface area contributed by atoms with Gasteiger partial charge in [0.25, 0.3) is 0 Å². The van der Waals surface area contributed by atoms with Crippen molar-refractivity contribution < 1.29 is 8.83 Å². The molecule has 0 spiro atoms. The Hall–Kier alpha value is -6.65. The van der Waals surface area contributed by atoms with Gasteiger partial charge in [0.15, 0.2) is 5.58 Å². The topological polar surface area (TPSA) is 42.4 Å². The van der Waals surface area contributed by atoms with Crippen LogP contribution in [0.4, 0.5) is 17.1 Å². The number of aromatic nitrogens is 1. The maximum atomic E-state index is 6.57. The van der Waals surface area contributed by atoms with E-state index in [0.717, 1.165) is 55.6 Å². The zero-order chi connectivity index (χ0) is 32.3. The summed E-state index contributed by atoms with van der Waals surface area (Å²) in [7, 11) is 0. The molecule has 2 heterocycles. The molecule has 8 aromatic carbocycles. The molecule has 0 amide bonds. The van der Waals surface area contributed by atoms with Gasteiger partial charge < -0.3 is 13.7 Å². The minimum absolute atomic E-state index is 0.592. The summed E-state index contributed by atoms with van der Waals surface area (Å²) in [6.07, 6.45) is 0. The van der Waals surface area contributed by atoms with Gasteiger partial charge in [0, 0.05) is 28.1 Å². The van der Waals surface area contributed by atoms with Gasteiger partial charge >= 0.3 is 0 Å². The van der Waals surface area contributed by atoms with E-state index in [4.69, 9.17) is 13.8 Å². The summed E-state index contributed by atoms with van der Waals surface area (Å²) in [6, 6.07) is 59.4. The maximum Gasteiger partial charge on any atom is 0.227 e. The van der Waals surface area contributed by atoms with Crippen LogP contribution in [-0.2, 0) is 0 Å². The van der Waals surface area contributed by atoms with Crippen molar-refractivity contribution in [2.24, 2.45) is 0 Å². The number of rotatable bonds is 5. The van der Waals surface area contributed by atoms with E-state index >= 15 is 0 Å². The lowest BCUT2D eigenvalue weighted by Crippen LogP contribution is -2.11. The van der Waals surface area contributed by atoms with E-state index in [2.05, 4.69) is 132 Å². The van der Waals surface area contributed by atoms with E-state index in [1.807, 2.05) is 42.5 Å². The van der Waals surface area contributed by atoms with Gasteiger partial charge in [-0.25, -0.2) is 4.98 Å². The summed E-state index contributed by atoms with van der Waals surface area (Å²) in [5.41, 5.74) is 9.47. The van der Waals surface area contributed by atoms with Crippen molar-refractivity contribution in [3.63, 3.8) is 0 Å². The van der Waals surface area contributed by atoms with Gasteiger partial charge in [-0.1, -0.05) is 115 Å². The van der Waals surface area contributed by atoms with E-state index in [1.165, 1.54) is 27.1 Å². The Kier molecular flexibility index (Phi) is 6.15. The third-order valence-corrected chi connectivity index (χ3v) is 9.44. The summed E-state index contributed by atoms with van der Waals surface area (Å²) >= 11 is 0. The fourth-order valence-electron chi connectivity index (χ4n) is 7.20. The van der Waals surface area contributed by atoms with Gasteiger partial charge in [0.05, 0.1) is 16.8 Å². The standard InChI is InChI=1S/C45H28N2O2/c1-3-13-29(14-4-1)31-18-11-19-33(25-31)47(40-26-32-17-7-8-20-34(32)35-21-9-10-22-36(35)40)39-23-12-24-41-44(39)37-27-38-43(28-42(37)48-41)49-45(46-38)30-15-5-2-6-16-30/h1-28H. The third-order valence-electron chi connectivity index (χ3n) is 9.44. The number of benzene rings is 8. The molecule has 10 aromatic rings. The molecule has 0 fully saturated rings. The van der Waals surface area contributed by atoms with Crippen molar-refractivity contribution in [2.45, 2.75) is 0 Å². The Balaban J connectivity index is 1.27. The van der Waals surface area contributed by atoms with Crippen molar-refractivity contribution in [3.05, 3.63) is 170 Å². The van der Waals surface area contributed by atoms with E-state index in [-0.39, 0.29) is 0 Å². The molecule has 4 nitrogen and oxygen atoms in total. The zero-order valence-corrected chi connectivity index (χ0v) is 26.4. The minimum Gasteiger partial charge on any atom is -0.456 e. The number of nitrogens with zero attached hydrogens (tertiary/aromatic N) is 2. The molecular weight excluding hydrogens is 601 g/mol. The molecular formula is C45H28N2O2. The fraction of sp³-hybridized carbons (Fsp3) is 0. The summed E-state index contributed by atoms with van der Waals surface area (Å²) in [5, 5.41) is 6.80. The Morgan fingerprint density at radius 2 is 1.10 bits per heavy atom. The quantitative estimate of drug-likeness (QED) is 0.178. The van der Waals surface area contributed by atoms with E-state index in [1.54, 1.807) is 0 Å². The van der Waals surface area contributed by atoms with Crippen LogP contribution < -0.4 is 4.90 Å². The number of oxazole rings is 1. The molecule has 4 heteroatoms. The molecule has 0 N–H and O–H groups in total. The molecule has 0 aliphatic rings. The molecule has 10 rings (SSSR count). The van der Waals surface area contributed by atoms with Gasteiger partial charge in [-0.3, -0.25) is 0 Å². The monoisotopic (exact) mass is 628 g/mol. The highest BCUT2D eigenvalue weighted by Gasteiger charge is 2.23. The van der Waals surface area contributed by atoms with Gasteiger partial charge in [-0.05, 0) is 75.8 Å². The molecule has 0 unspecified atom stereocenters. The smallest absolute Gasteiger partial charge is 0.227 e. The molecule has 0 bridgehead atoms. The lowest BCUT2D eigenvalue weighted by molar-refractivity contribution is 0.617. The number of anilines is 3. The Bertz CT molecular complexity index is 2830. The van der Waals surface area contributed by atoms with Crippen molar-refractivity contribution in [3.8, 4) is 22.6 Å². The molecule has 2 aromatic heterocycles. The van der Waals surface area contributed by atoms with Crippen molar-refractivity contribution >= 4 is 71.6 Å². The first-order valence-electron chi connectivity index (χ1n) is 16.5. The SMILES string of the molecule is c1ccc(-c2cccc(N(c3cc4ccccc4c4ccccc34)c3cccc4oc5cc6oc(-c7ccccc7)nc6cc5c34)c2)cc1. The van der Waals surface area contributed by atoms with E-state index < -0.39 is 0 Å². The van der Waals surface area contributed by atoms with Crippen LogP contribution in [0.15, 0.2) is 179 Å². The van der Waals surface area contributed by atoms with Gasteiger partial charge in [0.2, 0.25) is 5.89 Å². The molecule has 0 saturated heterocycles. The van der Waals surface area contributed by atoms with Gasteiger partial charge in [0.1, 0.15) is 16.7 Å². The Morgan fingerprint density at radius 3 is 1.94 bits per heavy atom. The first kappa shape index (κ1) is 27.5. The summed E-state index contributed by atoms with van der Waals surface area (Å²) in [5.74, 6) is 0.592. The van der Waals surface area contributed by atoms with Crippen molar-refractivity contribution in [2.75, 3.05) is 4.90 Å². The third kappa shape index (κ3) is 4.49. The Morgan fingerprint density at radius 1 is 0.408 bits per heavy atom.